The number of hydrogen-bond donors (Lipinski definition) is 2. The fraction of sp³-hybridized carbons (Fsp3) is 0.500. The number of nitrogens with one attached hydrogen (secondary N) is 1. The van der Waals surface area contributed by atoms with Crippen LogP contribution >= 0.6 is 0 Å². The van der Waals surface area contributed by atoms with Gasteiger partial charge in [0.1, 0.15) is 0 Å². The van der Waals surface area contributed by atoms with E-state index in [1.165, 1.54) is 6.20 Å². The molecule has 1 aromatic heterocycles. The summed E-state index contributed by atoms with van der Waals surface area (Å²) in [4.78, 5) is 0.231. The second kappa shape index (κ2) is 2.77. The summed E-state index contributed by atoms with van der Waals surface area (Å²) >= 11 is 0. The van der Waals surface area contributed by atoms with Crippen LogP contribution in [0.25, 0.3) is 0 Å². The van der Waals surface area contributed by atoms with Crippen LogP contribution in [0.5, 0.6) is 0 Å². The van der Waals surface area contributed by atoms with Gasteiger partial charge in [0.2, 0.25) is 0 Å². The summed E-state index contributed by atoms with van der Waals surface area (Å²) < 4.78 is 12.6. The Balaban J connectivity index is 2.83. The molecule has 0 atom stereocenters. The van der Waals surface area contributed by atoms with Crippen LogP contribution in [-0.4, -0.2) is 16.0 Å². The number of rotatable bonds is 2. The topological polar surface area (TPSA) is 55.9 Å². The van der Waals surface area contributed by atoms with Crippen molar-refractivity contribution in [3.05, 3.63) is 6.20 Å². The van der Waals surface area contributed by atoms with Crippen molar-refractivity contribution in [1.29, 1.82) is 0 Å². The summed E-state index contributed by atoms with van der Waals surface area (Å²) in [5.41, 5.74) is 5.72. The maximum absolute atomic E-state index is 12.6. The molecule has 11 heavy (non-hydrogen) atoms. The molecule has 62 valence electrons. The summed E-state index contributed by atoms with van der Waals surface area (Å²) in [5, 5.41) is 6.15. The largest absolute Gasteiger partial charge is 0.394 e. The first-order chi connectivity index (χ1) is 5.11. The number of nitrogens with two attached hydrogens (primary N) is 1. The fourth-order valence-electron chi connectivity index (χ4n) is 0.748. The van der Waals surface area contributed by atoms with Gasteiger partial charge in [0.25, 0.3) is 0 Å². The van der Waals surface area contributed by atoms with Crippen molar-refractivity contribution < 1.29 is 4.48 Å². The van der Waals surface area contributed by atoms with E-state index in [4.69, 9.17) is 5.73 Å². The highest BCUT2D eigenvalue weighted by molar-refractivity contribution is 5.60. The summed E-state index contributed by atoms with van der Waals surface area (Å²) in [6, 6.07) is 0.142. The molecular weight excluding hydrogens is 147 g/mol. The van der Waals surface area contributed by atoms with Gasteiger partial charge in [-0.2, -0.15) is 0 Å². The van der Waals surface area contributed by atoms with Gasteiger partial charge in [0.15, 0.2) is 5.82 Å². The second-order valence-electron chi connectivity index (χ2n) is 2.61. The molecule has 0 aliphatic heterocycles. The third kappa shape index (κ3) is 1.60. The minimum absolute atomic E-state index is 0.142. The van der Waals surface area contributed by atoms with Crippen molar-refractivity contribution in [2.45, 2.75) is 19.9 Å². The molecule has 0 aliphatic carbocycles. The molecule has 0 aromatic carbocycles. The van der Waals surface area contributed by atoms with Gasteiger partial charge in [-0.25, -0.2) is 0 Å². The molecule has 0 unspecified atom stereocenters. The highest BCUT2D eigenvalue weighted by Crippen LogP contribution is 2.17. The van der Waals surface area contributed by atoms with Crippen molar-refractivity contribution >= 4 is 11.5 Å². The Morgan fingerprint density at radius 1 is 1.73 bits per heavy atom. The highest BCUT2D eigenvalue weighted by atomic mass is 19.2. The number of anilines is 2. The predicted molar refractivity (Wildman–Crippen MR) is 41.9 cm³/mol. The lowest BCUT2D eigenvalue weighted by Gasteiger charge is -2.07. The molecule has 0 aliphatic rings. The number of halogens is 1. The lowest BCUT2D eigenvalue weighted by molar-refractivity contribution is 0.322. The molecule has 3 N–H and O–H groups in total. The molecule has 1 heterocycles. The zero-order valence-electron chi connectivity index (χ0n) is 6.50. The first-order valence-corrected chi connectivity index (χ1v) is 3.37. The lowest BCUT2D eigenvalue weighted by Crippen LogP contribution is -2.13. The Hall–Kier alpha value is -1.26. The molecule has 0 fully saturated rings. The quantitative estimate of drug-likeness (QED) is 0.675. The molecular formula is C6H11FN4. The van der Waals surface area contributed by atoms with E-state index in [1.807, 2.05) is 13.8 Å². The van der Waals surface area contributed by atoms with Gasteiger partial charge in [0.05, 0.1) is 11.9 Å². The van der Waals surface area contributed by atoms with Crippen LogP contribution in [0.2, 0.25) is 0 Å². The van der Waals surface area contributed by atoms with Crippen molar-refractivity contribution in [2.75, 3.05) is 11.1 Å². The van der Waals surface area contributed by atoms with E-state index in [2.05, 4.69) is 10.4 Å². The summed E-state index contributed by atoms with van der Waals surface area (Å²) in [7, 11) is 0. The number of aromatic nitrogens is 2. The zero-order valence-corrected chi connectivity index (χ0v) is 6.50. The number of nitrogen functional groups attached to an aromatic ring is 1. The Kier molecular flexibility index (Phi) is 1.98. The highest BCUT2D eigenvalue weighted by Gasteiger charge is 2.07. The van der Waals surface area contributed by atoms with Crippen LogP contribution in [0.15, 0.2) is 6.20 Å². The molecule has 0 saturated heterocycles. The standard InChI is InChI=1S/C6H11FN4/c1-4(2)10-6-5(8)3-9-11(6)7/h3-4,10H,8H2,1-2H3. The maximum Gasteiger partial charge on any atom is 0.183 e. The van der Waals surface area contributed by atoms with Crippen LogP contribution in [-0.2, 0) is 0 Å². The average molecular weight is 158 g/mol. The molecule has 0 saturated carbocycles. The molecule has 0 spiro atoms. The van der Waals surface area contributed by atoms with E-state index >= 15 is 0 Å². The van der Waals surface area contributed by atoms with Crippen LogP contribution < -0.4 is 11.1 Å². The van der Waals surface area contributed by atoms with Gasteiger partial charge < -0.3 is 11.1 Å². The van der Waals surface area contributed by atoms with Crippen molar-refractivity contribution in [1.82, 2.24) is 10.0 Å². The molecule has 0 radical (unpaired) electrons. The predicted octanol–water partition coefficient (Wildman–Crippen LogP) is 1.02. The van der Waals surface area contributed by atoms with Gasteiger partial charge in [-0.15, -0.1) is 5.10 Å². The number of hydrogen-bond acceptors (Lipinski definition) is 3. The monoisotopic (exact) mass is 158 g/mol. The molecule has 1 rings (SSSR count). The molecule has 0 bridgehead atoms. The van der Waals surface area contributed by atoms with E-state index in [9.17, 15) is 4.48 Å². The van der Waals surface area contributed by atoms with Gasteiger partial charge in [0, 0.05) is 6.04 Å². The fourth-order valence-corrected chi connectivity index (χ4v) is 0.748. The third-order valence-corrected chi connectivity index (χ3v) is 1.18. The molecule has 4 nitrogen and oxygen atoms in total. The lowest BCUT2D eigenvalue weighted by atomic mass is 10.4. The Labute approximate surface area is 64.1 Å². The Morgan fingerprint density at radius 3 is 2.73 bits per heavy atom. The third-order valence-electron chi connectivity index (χ3n) is 1.18. The summed E-state index contributed by atoms with van der Waals surface area (Å²) in [6.45, 7) is 3.79. The number of nitrogens with zero attached hydrogens (tertiary/aromatic N) is 2. The molecule has 0 amide bonds. The Morgan fingerprint density at radius 2 is 2.36 bits per heavy atom. The molecule has 5 heteroatoms. The van der Waals surface area contributed by atoms with Gasteiger partial charge in [-0.1, -0.05) is 9.39 Å². The van der Waals surface area contributed by atoms with Crippen LogP contribution in [0, 0.1) is 0 Å². The van der Waals surface area contributed by atoms with Crippen molar-refractivity contribution in [2.24, 2.45) is 0 Å². The SMILES string of the molecule is CC(C)Nc1c(N)cnn1F. The maximum atomic E-state index is 12.6. The zero-order chi connectivity index (χ0) is 8.43. The minimum Gasteiger partial charge on any atom is -0.394 e. The first kappa shape index (κ1) is 7.84. The van der Waals surface area contributed by atoms with E-state index in [0.29, 0.717) is 5.69 Å². The van der Waals surface area contributed by atoms with E-state index in [-0.39, 0.29) is 16.8 Å². The van der Waals surface area contributed by atoms with Crippen LogP contribution in [0.3, 0.4) is 0 Å². The van der Waals surface area contributed by atoms with E-state index < -0.39 is 0 Å². The van der Waals surface area contributed by atoms with E-state index in [0.717, 1.165) is 0 Å². The van der Waals surface area contributed by atoms with Crippen LogP contribution in [0.4, 0.5) is 16.0 Å². The smallest absolute Gasteiger partial charge is 0.183 e. The van der Waals surface area contributed by atoms with Gasteiger partial charge >= 0.3 is 0 Å². The summed E-state index contributed by atoms with van der Waals surface area (Å²) in [5.74, 6) is 0.222. The van der Waals surface area contributed by atoms with Crippen molar-refractivity contribution in [3.8, 4) is 0 Å². The van der Waals surface area contributed by atoms with Gasteiger partial charge in [-0.05, 0) is 13.8 Å². The first-order valence-electron chi connectivity index (χ1n) is 3.37. The summed E-state index contributed by atoms with van der Waals surface area (Å²) in [6.07, 6.45) is 1.27. The van der Waals surface area contributed by atoms with Crippen LogP contribution in [0.1, 0.15) is 13.8 Å². The Bertz CT molecular complexity index is 223. The van der Waals surface area contributed by atoms with E-state index in [1.54, 1.807) is 0 Å². The van der Waals surface area contributed by atoms with Gasteiger partial charge in [-0.3, -0.25) is 0 Å². The second-order valence-corrected chi connectivity index (χ2v) is 2.61. The average Bonchev–Trinajstić information content (AvgIpc) is 2.18. The minimum atomic E-state index is 0.142. The molecule has 1 aromatic rings. The normalized spacial score (nSPS) is 10.5. The van der Waals surface area contributed by atoms with Crippen molar-refractivity contribution in [3.63, 3.8) is 0 Å².